The van der Waals surface area contributed by atoms with E-state index in [4.69, 9.17) is 9.47 Å². The van der Waals surface area contributed by atoms with Crippen LogP contribution in [-0.2, 0) is 0 Å². The molecule has 2 aromatic carbocycles. The molecule has 0 fully saturated rings. The summed E-state index contributed by atoms with van der Waals surface area (Å²) in [6.07, 6.45) is 3.45. The van der Waals surface area contributed by atoms with E-state index in [1.165, 1.54) is 0 Å². The van der Waals surface area contributed by atoms with Gasteiger partial charge < -0.3 is 14.8 Å². The van der Waals surface area contributed by atoms with Gasteiger partial charge in [0.1, 0.15) is 0 Å². The average Bonchev–Trinajstić information content (AvgIpc) is 3.26. The van der Waals surface area contributed by atoms with Gasteiger partial charge in [0.2, 0.25) is 0 Å². The summed E-state index contributed by atoms with van der Waals surface area (Å²) < 4.78 is 12.3. The molecule has 0 bridgehead atoms. The Morgan fingerprint density at radius 1 is 0.933 bits per heavy atom. The van der Waals surface area contributed by atoms with Crippen molar-refractivity contribution in [2.75, 3.05) is 19.5 Å². The van der Waals surface area contributed by atoms with E-state index in [0.29, 0.717) is 17.2 Å². The molecule has 0 aliphatic carbocycles. The number of methoxy groups -OCH3 is 2. The molecule has 2 aromatic heterocycles. The maximum absolute atomic E-state index is 12.9. The molecule has 4 rings (SSSR count). The first-order valence-electron chi connectivity index (χ1n) is 9.29. The van der Waals surface area contributed by atoms with E-state index in [-0.39, 0.29) is 11.6 Å². The van der Waals surface area contributed by atoms with Gasteiger partial charge in [-0.2, -0.15) is 5.10 Å². The van der Waals surface area contributed by atoms with Crippen molar-refractivity contribution >= 4 is 11.6 Å². The first-order valence-corrected chi connectivity index (χ1v) is 9.29. The summed E-state index contributed by atoms with van der Waals surface area (Å²) in [5.74, 6) is 0.783. The second kappa shape index (κ2) is 8.48. The molecule has 0 aliphatic heterocycles. The lowest BCUT2D eigenvalue weighted by molar-refractivity contribution is 0.102. The highest BCUT2D eigenvalue weighted by Crippen LogP contribution is 2.30. The number of aromatic nitrogens is 3. The molecule has 150 valence electrons. The van der Waals surface area contributed by atoms with E-state index < -0.39 is 0 Å². The van der Waals surface area contributed by atoms with Crippen molar-refractivity contribution in [2.24, 2.45) is 0 Å². The van der Waals surface area contributed by atoms with Crippen molar-refractivity contribution in [1.29, 1.82) is 0 Å². The molecule has 0 spiro atoms. The van der Waals surface area contributed by atoms with Crippen LogP contribution >= 0.6 is 0 Å². The van der Waals surface area contributed by atoms with Crippen molar-refractivity contribution in [3.05, 3.63) is 84.8 Å². The minimum absolute atomic E-state index is 0.285. The van der Waals surface area contributed by atoms with Crippen molar-refractivity contribution in [3.63, 3.8) is 0 Å². The van der Waals surface area contributed by atoms with Gasteiger partial charge in [-0.3, -0.25) is 9.78 Å². The van der Waals surface area contributed by atoms with Gasteiger partial charge in [0.05, 0.1) is 25.6 Å². The van der Waals surface area contributed by atoms with Gasteiger partial charge in [-0.15, -0.1) is 0 Å². The van der Waals surface area contributed by atoms with Gasteiger partial charge in [-0.25, -0.2) is 4.68 Å². The van der Waals surface area contributed by atoms with E-state index in [0.717, 1.165) is 16.9 Å². The molecule has 7 heteroatoms. The zero-order chi connectivity index (χ0) is 20.9. The Kier molecular flexibility index (Phi) is 5.43. The van der Waals surface area contributed by atoms with Crippen LogP contribution in [-0.4, -0.2) is 34.9 Å². The second-order valence-electron chi connectivity index (χ2n) is 6.43. The predicted molar refractivity (Wildman–Crippen MR) is 114 cm³/mol. The minimum atomic E-state index is -0.331. The first-order chi connectivity index (χ1) is 14.7. The molecular formula is C23H20N4O3. The molecule has 0 saturated carbocycles. The standard InChI is InChI=1S/C23H20N4O3/c1-29-21-11-10-17(13-22(21)30-2)25-23(28)19-14-20(16-7-6-12-24-15-16)27(26-19)18-8-4-3-5-9-18/h3-15H,1-2H3,(H,25,28). The Balaban J connectivity index is 1.69. The number of para-hydroxylation sites is 1. The summed E-state index contributed by atoms with van der Waals surface area (Å²) in [6, 6.07) is 20.4. The number of amides is 1. The molecular weight excluding hydrogens is 380 g/mol. The third-order valence-electron chi connectivity index (χ3n) is 4.54. The number of rotatable bonds is 6. The molecule has 30 heavy (non-hydrogen) atoms. The summed E-state index contributed by atoms with van der Waals surface area (Å²) in [4.78, 5) is 17.1. The van der Waals surface area contributed by atoms with Crippen LogP contribution in [0.3, 0.4) is 0 Å². The largest absolute Gasteiger partial charge is 0.493 e. The van der Waals surface area contributed by atoms with Gasteiger partial charge in [0.25, 0.3) is 5.91 Å². The van der Waals surface area contributed by atoms with E-state index in [1.54, 1.807) is 55.6 Å². The smallest absolute Gasteiger partial charge is 0.276 e. The van der Waals surface area contributed by atoms with Crippen LogP contribution in [0.2, 0.25) is 0 Å². The van der Waals surface area contributed by atoms with E-state index in [2.05, 4.69) is 15.4 Å². The quantitative estimate of drug-likeness (QED) is 0.525. The SMILES string of the molecule is COc1ccc(NC(=O)c2cc(-c3cccnc3)n(-c3ccccc3)n2)cc1OC. The molecule has 0 unspecified atom stereocenters. The fraction of sp³-hybridized carbons (Fsp3) is 0.0870. The monoisotopic (exact) mass is 400 g/mol. The average molecular weight is 400 g/mol. The van der Waals surface area contributed by atoms with E-state index in [9.17, 15) is 4.79 Å². The molecule has 4 aromatic rings. The van der Waals surface area contributed by atoms with Crippen molar-refractivity contribution in [3.8, 4) is 28.4 Å². The lowest BCUT2D eigenvalue weighted by atomic mass is 10.2. The Bertz CT molecular complexity index is 1100. The highest BCUT2D eigenvalue weighted by Gasteiger charge is 2.17. The van der Waals surface area contributed by atoms with Crippen LogP contribution in [0, 0.1) is 0 Å². The number of benzene rings is 2. The van der Waals surface area contributed by atoms with Crippen molar-refractivity contribution < 1.29 is 14.3 Å². The van der Waals surface area contributed by atoms with Gasteiger partial charge in [-0.05, 0) is 42.5 Å². The van der Waals surface area contributed by atoms with Crippen LogP contribution < -0.4 is 14.8 Å². The third-order valence-corrected chi connectivity index (χ3v) is 4.54. The number of nitrogens with zero attached hydrogens (tertiary/aromatic N) is 3. The molecule has 1 N–H and O–H groups in total. The lowest BCUT2D eigenvalue weighted by Crippen LogP contribution is -2.13. The van der Waals surface area contributed by atoms with Gasteiger partial charge in [-0.1, -0.05) is 18.2 Å². The highest BCUT2D eigenvalue weighted by molar-refractivity contribution is 6.03. The normalized spacial score (nSPS) is 10.5. The molecule has 0 atom stereocenters. The number of nitrogens with one attached hydrogen (secondary N) is 1. The zero-order valence-electron chi connectivity index (χ0n) is 16.6. The molecule has 0 saturated heterocycles. The van der Waals surface area contributed by atoms with Crippen LogP contribution in [0.5, 0.6) is 11.5 Å². The third kappa shape index (κ3) is 3.86. The van der Waals surface area contributed by atoms with Gasteiger partial charge >= 0.3 is 0 Å². The van der Waals surface area contributed by atoms with E-state index >= 15 is 0 Å². The van der Waals surface area contributed by atoms with Crippen LogP contribution in [0.1, 0.15) is 10.5 Å². The maximum Gasteiger partial charge on any atom is 0.276 e. The number of hydrogen-bond donors (Lipinski definition) is 1. The molecule has 0 radical (unpaired) electrons. The van der Waals surface area contributed by atoms with Crippen LogP contribution in [0.15, 0.2) is 79.1 Å². The number of anilines is 1. The highest BCUT2D eigenvalue weighted by atomic mass is 16.5. The van der Waals surface area contributed by atoms with Crippen LogP contribution in [0.4, 0.5) is 5.69 Å². The number of carbonyl (C=O) groups is 1. The molecule has 2 heterocycles. The summed E-state index contributed by atoms with van der Waals surface area (Å²) in [7, 11) is 3.11. The summed E-state index contributed by atoms with van der Waals surface area (Å²) in [5, 5.41) is 7.41. The summed E-state index contributed by atoms with van der Waals surface area (Å²) in [6.45, 7) is 0. The number of carbonyl (C=O) groups excluding carboxylic acids is 1. The van der Waals surface area contributed by atoms with Gasteiger partial charge in [0.15, 0.2) is 17.2 Å². The van der Waals surface area contributed by atoms with Crippen LogP contribution in [0.25, 0.3) is 16.9 Å². The maximum atomic E-state index is 12.9. The summed E-state index contributed by atoms with van der Waals surface area (Å²) in [5.41, 5.74) is 3.34. The number of ether oxygens (including phenoxy) is 2. The first kappa shape index (κ1) is 19.2. The molecule has 1 amide bonds. The predicted octanol–water partition coefficient (Wildman–Crippen LogP) is 4.20. The Morgan fingerprint density at radius 3 is 2.43 bits per heavy atom. The minimum Gasteiger partial charge on any atom is -0.493 e. The molecule has 0 aliphatic rings. The second-order valence-corrected chi connectivity index (χ2v) is 6.43. The van der Waals surface area contributed by atoms with Crippen molar-refractivity contribution in [1.82, 2.24) is 14.8 Å². The van der Waals surface area contributed by atoms with Crippen molar-refractivity contribution in [2.45, 2.75) is 0 Å². The fourth-order valence-corrected chi connectivity index (χ4v) is 3.09. The Labute approximate surface area is 173 Å². The zero-order valence-corrected chi connectivity index (χ0v) is 16.6. The Morgan fingerprint density at radius 2 is 1.73 bits per heavy atom. The Hall–Kier alpha value is -4.13. The number of pyridine rings is 1. The topological polar surface area (TPSA) is 78.3 Å². The number of hydrogen-bond acceptors (Lipinski definition) is 5. The van der Waals surface area contributed by atoms with Gasteiger partial charge in [0, 0.05) is 29.7 Å². The molecule has 7 nitrogen and oxygen atoms in total. The fourth-order valence-electron chi connectivity index (χ4n) is 3.09. The van der Waals surface area contributed by atoms with E-state index in [1.807, 2.05) is 42.5 Å². The lowest BCUT2D eigenvalue weighted by Gasteiger charge is -2.10. The summed E-state index contributed by atoms with van der Waals surface area (Å²) >= 11 is 0.